The van der Waals surface area contributed by atoms with Crippen molar-refractivity contribution in [1.82, 2.24) is 0 Å². The molecule has 464 valence electrons. The summed E-state index contributed by atoms with van der Waals surface area (Å²) in [6.07, 6.45) is 35.2. The molecule has 77 heavy (non-hydrogen) atoms. The van der Waals surface area contributed by atoms with Gasteiger partial charge in [0.2, 0.25) is 0 Å². The van der Waals surface area contributed by atoms with E-state index in [1.807, 2.05) is 0 Å². The third-order valence-electron chi connectivity index (χ3n) is 22.5. The minimum absolute atomic E-state index is 0. The van der Waals surface area contributed by atoms with Crippen molar-refractivity contribution in [3.8, 4) is 0 Å². The Morgan fingerprint density at radius 1 is 0.221 bits per heavy atom. The van der Waals surface area contributed by atoms with Crippen LogP contribution in [0.15, 0.2) is 0 Å². The van der Waals surface area contributed by atoms with Gasteiger partial charge in [0.15, 0.2) is 0 Å². The fourth-order valence-electron chi connectivity index (χ4n) is 14.8. The molecule has 8 aliphatic rings. The third-order valence-corrected chi connectivity index (χ3v) is 22.5. The summed E-state index contributed by atoms with van der Waals surface area (Å²) in [4.78, 5) is 0. The zero-order valence-corrected chi connectivity index (χ0v) is 58.5. The quantitative estimate of drug-likeness (QED) is 0.227. The third kappa shape index (κ3) is 33.2. The number of hydrogen-bond donors (Lipinski definition) is 0. The van der Waals surface area contributed by atoms with Crippen LogP contribution in [0.25, 0.3) is 0 Å². The van der Waals surface area contributed by atoms with Gasteiger partial charge >= 0.3 is 0 Å². The molecular weight excluding hydrogens is 925 g/mol. The Balaban J connectivity index is 0.000000858. The number of hydrogen-bond acceptors (Lipinski definition) is 0. The Kier molecular flexibility index (Phi) is 36.7. The predicted molar refractivity (Wildman–Crippen MR) is 356 cm³/mol. The summed E-state index contributed by atoms with van der Waals surface area (Å²) in [6, 6.07) is 0. The first kappa shape index (κ1) is 77.0. The van der Waals surface area contributed by atoms with Crippen molar-refractivity contribution >= 4 is 0 Å². The van der Waals surface area contributed by atoms with Crippen molar-refractivity contribution in [3.05, 3.63) is 0 Å². The zero-order valence-electron chi connectivity index (χ0n) is 58.5. The summed E-state index contributed by atoms with van der Waals surface area (Å²) in [5.41, 5.74) is 2.64. The SMILES string of the molecule is C.CC(C)C1CC(C)(C)C1.CC(C)C1CC(C)(C)C1.CC(C)C1CCC(C)(C)CC1.CC(C)C1CCC(C)(C)CC1.CC1CC(C(C)C)C1.CC1CC(C(C)C)C1.CC1CCC(C(C)C)CC1.CC1CCC(C(C)C)CC1. The monoisotopic (exact) mass is 1080 g/mol. The van der Waals surface area contributed by atoms with Crippen LogP contribution in [0.4, 0.5) is 0 Å². The van der Waals surface area contributed by atoms with Crippen LogP contribution in [0.3, 0.4) is 0 Å². The maximum absolute atomic E-state index is 2.41. The lowest BCUT2D eigenvalue weighted by molar-refractivity contribution is 0.0614. The molecule has 0 heteroatoms. The van der Waals surface area contributed by atoms with Crippen molar-refractivity contribution in [3.63, 3.8) is 0 Å². The number of rotatable bonds is 8. The van der Waals surface area contributed by atoms with E-state index in [0.717, 1.165) is 118 Å². The molecule has 8 aliphatic carbocycles. The average Bonchev–Trinajstić information content (AvgIpc) is 3.26. The highest BCUT2D eigenvalue weighted by Gasteiger charge is 2.38. The lowest BCUT2D eigenvalue weighted by Crippen LogP contribution is -2.34. The fraction of sp³-hybridized carbons (Fsp3) is 1.00. The second-order valence-corrected chi connectivity index (χ2v) is 35.3. The molecule has 0 aliphatic heterocycles. The predicted octanol–water partition coefficient (Wildman–Crippen LogP) is 26.8. The van der Waals surface area contributed by atoms with Gasteiger partial charge in [-0.2, -0.15) is 0 Å². The highest BCUT2D eigenvalue weighted by Crippen LogP contribution is 2.49. The van der Waals surface area contributed by atoms with Gasteiger partial charge in [0.1, 0.15) is 0 Å². The van der Waals surface area contributed by atoms with E-state index in [-0.39, 0.29) is 7.43 Å². The normalized spacial score (nSPS) is 30.4. The largest absolute Gasteiger partial charge is 0.0776 e. The van der Waals surface area contributed by atoms with Crippen LogP contribution in [0.1, 0.15) is 355 Å². The first-order valence-electron chi connectivity index (χ1n) is 34.8. The molecule has 0 unspecified atom stereocenters. The van der Waals surface area contributed by atoms with E-state index in [0.29, 0.717) is 21.7 Å². The molecule has 8 saturated carbocycles. The highest BCUT2D eigenvalue weighted by molar-refractivity contribution is 4.89. The molecule has 8 rings (SSSR count). The molecule has 0 saturated heterocycles. The minimum Gasteiger partial charge on any atom is -0.0776 e. The Morgan fingerprint density at radius 3 is 0.532 bits per heavy atom. The summed E-state index contributed by atoms with van der Waals surface area (Å²) in [5.74, 6) is 19.7. The summed E-state index contributed by atoms with van der Waals surface area (Å²) in [6.45, 7) is 66.1. The molecule has 0 nitrogen and oxygen atoms in total. The average molecular weight is 1080 g/mol. The van der Waals surface area contributed by atoms with E-state index in [1.165, 1.54) is 154 Å². The van der Waals surface area contributed by atoms with Crippen LogP contribution < -0.4 is 0 Å². The van der Waals surface area contributed by atoms with Gasteiger partial charge in [-0.3, -0.25) is 0 Å². The van der Waals surface area contributed by atoms with Gasteiger partial charge in [0.05, 0.1) is 0 Å². The minimum atomic E-state index is 0. The Morgan fingerprint density at radius 2 is 0.403 bits per heavy atom. The molecule has 0 aromatic rings. The van der Waals surface area contributed by atoms with E-state index in [2.05, 4.69) is 194 Å². The van der Waals surface area contributed by atoms with Gasteiger partial charge in [0, 0.05) is 0 Å². The van der Waals surface area contributed by atoms with E-state index in [9.17, 15) is 0 Å². The second kappa shape index (κ2) is 36.7. The molecule has 0 bridgehead atoms. The van der Waals surface area contributed by atoms with E-state index < -0.39 is 0 Å². The first-order valence-corrected chi connectivity index (χ1v) is 34.8. The Labute approximate surface area is 492 Å². The summed E-state index contributed by atoms with van der Waals surface area (Å²) < 4.78 is 0. The van der Waals surface area contributed by atoms with E-state index in [4.69, 9.17) is 0 Å². The molecule has 0 aromatic carbocycles. The molecule has 0 amide bonds. The van der Waals surface area contributed by atoms with Gasteiger partial charge in [-0.15, -0.1) is 0 Å². The van der Waals surface area contributed by atoms with Gasteiger partial charge in [-0.05, 0) is 268 Å². The standard InChI is InChI=1S/2C11H22.2C10H20.2C9H18.2C8H16.CH4/c2*1-9(2)10-5-7-11(3,4)8-6-10;2*1-8(2)10-6-4-9(3)5-7-10;2*1-7(2)8-5-9(3,4)6-8;2*1-6(2)8-4-7(3)5-8;/h2*9-10H,5-8H2,1-4H3;2*8-10H,4-7H2,1-3H3;2*7-8H,5-6H2,1-4H3;2*6-8H,4-5H2,1-3H3;1H4. The smallest absolute Gasteiger partial charge is 0.0349 e. The van der Waals surface area contributed by atoms with Crippen LogP contribution in [-0.4, -0.2) is 0 Å². The molecule has 0 aromatic heterocycles. The van der Waals surface area contributed by atoms with Crippen LogP contribution in [-0.2, 0) is 0 Å². The van der Waals surface area contributed by atoms with Crippen molar-refractivity contribution in [2.75, 3.05) is 0 Å². The highest BCUT2D eigenvalue weighted by atomic mass is 14.4. The Hall–Kier alpha value is 0. The van der Waals surface area contributed by atoms with Gasteiger partial charge in [-0.1, -0.05) is 227 Å². The van der Waals surface area contributed by atoms with Gasteiger partial charge < -0.3 is 0 Å². The van der Waals surface area contributed by atoms with Crippen molar-refractivity contribution in [2.24, 2.45) is 140 Å². The topological polar surface area (TPSA) is 0 Å². The summed E-state index contributed by atoms with van der Waals surface area (Å²) in [7, 11) is 0. The molecule has 8 fully saturated rings. The van der Waals surface area contributed by atoms with E-state index in [1.54, 1.807) is 0 Å². The van der Waals surface area contributed by atoms with Crippen LogP contribution in [0.2, 0.25) is 0 Å². The van der Waals surface area contributed by atoms with Crippen LogP contribution in [0.5, 0.6) is 0 Å². The van der Waals surface area contributed by atoms with Crippen LogP contribution >= 0.6 is 0 Å². The van der Waals surface area contributed by atoms with Crippen molar-refractivity contribution < 1.29 is 0 Å². The molecule has 0 spiro atoms. The Bertz CT molecular complexity index is 1260. The second-order valence-electron chi connectivity index (χ2n) is 35.3. The molecule has 0 N–H and O–H groups in total. The van der Waals surface area contributed by atoms with Crippen molar-refractivity contribution in [2.45, 2.75) is 355 Å². The molecular formula is C77H156. The fourth-order valence-corrected chi connectivity index (χ4v) is 14.8. The first-order chi connectivity index (χ1) is 34.8. The summed E-state index contributed by atoms with van der Waals surface area (Å²) >= 11 is 0. The van der Waals surface area contributed by atoms with Gasteiger partial charge in [0.25, 0.3) is 0 Å². The lowest BCUT2D eigenvalue weighted by Gasteiger charge is -2.45. The summed E-state index contributed by atoms with van der Waals surface area (Å²) in [5, 5.41) is 0. The maximum atomic E-state index is 2.41. The van der Waals surface area contributed by atoms with Crippen LogP contribution in [0, 0.1) is 140 Å². The molecule has 0 heterocycles. The van der Waals surface area contributed by atoms with Gasteiger partial charge in [-0.25, -0.2) is 0 Å². The molecule has 0 radical (unpaired) electrons. The lowest BCUT2D eigenvalue weighted by atomic mass is 9.61. The zero-order chi connectivity index (χ0) is 58.5. The van der Waals surface area contributed by atoms with E-state index >= 15 is 0 Å². The van der Waals surface area contributed by atoms with Crippen molar-refractivity contribution in [1.29, 1.82) is 0 Å². The molecule has 0 atom stereocenters. The maximum Gasteiger partial charge on any atom is -0.0349 e.